The second-order valence-electron chi connectivity index (χ2n) is 7.99. The Labute approximate surface area is 179 Å². The van der Waals surface area contributed by atoms with Gasteiger partial charge in [-0.05, 0) is 42.5 Å². The Morgan fingerprint density at radius 1 is 1.16 bits per heavy atom. The van der Waals surface area contributed by atoms with E-state index in [0.717, 1.165) is 42.6 Å². The van der Waals surface area contributed by atoms with Gasteiger partial charge in [-0.25, -0.2) is 13.8 Å². The molecule has 1 aromatic heterocycles. The van der Waals surface area contributed by atoms with Crippen molar-refractivity contribution in [3.63, 3.8) is 0 Å². The fourth-order valence-electron chi connectivity index (χ4n) is 3.80. The van der Waals surface area contributed by atoms with Crippen LogP contribution in [0.5, 0.6) is 0 Å². The van der Waals surface area contributed by atoms with E-state index in [4.69, 9.17) is 5.11 Å². The lowest BCUT2D eigenvalue weighted by atomic mass is 10.1. The molecule has 2 aromatic carbocycles. The van der Waals surface area contributed by atoms with E-state index in [1.165, 1.54) is 12.1 Å². The van der Waals surface area contributed by atoms with Gasteiger partial charge < -0.3 is 15.0 Å². The maximum Gasteiger partial charge on any atom is 0.188 e. The van der Waals surface area contributed by atoms with Gasteiger partial charge in [0.2, 0.25) is 0 Å². The van der Waals surface area contributed by atoms with Crippen LogP contribution in [0.4, 0.5) is 8.78 Å². The smallest absolute Gasteiger partial charge is 0.188 e. The summed E-state index contributed by atoms with van der Waals surface area (Å²) in [6.45, 7) is 1.01. The monoisotopic (exact) mass is 425 g/mol. The fourth-order valence-corrected chi connectivity index (χ4v) is 3.80. The maximum atomic E-state index is 13.4. The second-order valence-corrected chi connectivity index (χ2v) is 7.99. The highest BCUT2D eigenvalue weighted by atomic mass is 19.2. The Kier molecular flexibility index (Phi) is 6.53. The molecule has 2 unspecified atom stereocenters. The minimum Gasteiger partial charge on any atom is -0.388 e. The molecule has 1 aliphatic carbocycles. The van der Waals surface area contributed by atoms with Crippen LogP contribution in [0.1, 0.15) is 45.9 Å². The molecule has 0 aliphatic heterocycles. The standard InChI is InChI=1S/C24H25F2N3O2/c25-21-8-7-18(10-22(21)26)20-11-23(20)27-12-19-13-29(15-28-19)9-1-2-16-3-5-17(6-4-16)24(31)14-30/h3-8,10,13,15,20,23,27,30H,1-2,9,11-12,14H2. The Bertz CT molecular complexity index is 1050. The van der Waals surface area contributed by atoms with Crippen molar-refractivity contribution in [2.75, 3.05) is 6.61 Å². The van der Waals surface area contributed by atoms with Crippen molar-refractivity contribution in [1.82, 2.24) is 14.9 Å². The van der Waals surface area contributed by atoms with Gasteiger partial charge in [0.15, 0.2) is 17.4 Å². The van der Waals surface area contributed by atoms with Crippen LogP contribution >= 0.6 is 0 Å². The second kappa shape index (κ2) is 9.49. The van der Waals surface area contributed by atoms with Gasteiger partial charge in [0.1, 0.15) is 6.61 Å². The van der Waals surface area contributed by atoms with Crippen LogP contribution in [-0.2, 0) is 19.5 Å². The lowest BCUT2D eigenvalue weighted by Crippen LogP contribution is -2.17. The maximum absolute atomic E-state index is 13.4. The highest BCUT2D eigenvalue weighted by Gasteiger charge is 2.38. The number of hydrogen-bond acceptors (Lipinski definition) is 4. The average Bonchev–Trinajstić information content (AvgIpc) is 3.43. The Balaban J connectivity index is 1.19. The number of aromatic nitrogens is 2. The molecule has 5 nitrogen and oxygen atoms in total. The quantitative estimate of drug-likeness (QED) is 0.487. The molecule has 1 heterocycles. The molecule has 1 saturated carbocycles. The van der Waals surface area contributed by atoms with Gasteiger partial charge in [-0.3, -0.25) is 4.79 Å². The molecular formula is C24H25F2N3O2. The van der Waals surface area contributed by atoms with E-state index in [9.17, 15) is 13.6 Å². The van der Waals surface area contributed by atoms with Crippen LogP contribution in [0.3, 0.4) is 0 Å². The SMILES string of the molecule is O=C(CO)c1ccc(CCCn2cnc(CNC3CC3c3ccc(F)c(F)c3)c2)cc1. The summed E-state index contributed by atoms with van der Waals surface area (Å²) >= 11 is 0. The van der Waals surface area contributed by atoms with Gasteiger partial charge in [-0.2, -0.15) is 0 Å². The predicted octanol–water partition coefficient (Wildman–Crippen LogP) is 3.61. The zero-order valence-electron chi connectivity index (χ0n) is 17.1. The fraction of sp³-hybridized carbons (Fsp3) is 0.333. The minimum atomic E-state index is -0.812. The Hall–Kier alpha value is -2.90. The average molecular weight is 425 g/mol. The molecule has 4 rings (SSSR count). The number of ketones is 1. The van der Waals surface area contributed by atoms with Gasteiger partial charge in [0.05, 0.1) is 12.0 Å². The highest BCUT2D eigenvalue weighted by molar-refractivity contribution is 5.96. The molecule has 0 bridgehead atoms. The van der Waals surface area contributed by atoms with E-state index in [1.807, 2.05) is 24.7 Å². The number of hydrogen-bond donors (Lipinski definition) is 2. The predicted molar refractivity (Wildman–Crippen MR) is 113 cm³/mol. The molecular weight excluding hydrogens is 400 g/mol. The van der Waals surface area contributed by atoms with Crippen LogP contribution in [0.2, 0.25) is 0 Å². The molecule has 0 amide bonds. The van der Waals surface area contributed by atoms with Crippen LogP contribution in [0, 0.1) is 11.6 Å². The first kappa shape index (κ1) is 21.3. The number of benzene rings is 2. The number of nitrogens with zero attached hydrogens (tertiary/aromatic N) is 2. The van der Waals surface area contributed by atoms with Crippen LogP contribution in [-0.4, -0.2) is 33.1 Å². The van der Waals surface area contributed by atoms with Crippen molar-refractivity contribution in [1.29, 1.82) is 0 Å². The third kappa shape index (κ3) is 5.42. The summed E-state index contributed by atoms with van der Waals surface area (Å²) in [4.78, 5) is 15.9. The number of Topliss-reactive ketones (excluding diaryl/α,β-unsaturated/α-hetero) is 1. The third-order valence-electron chi connectivity index (χ3n) is 5.70. The molecule has 2 N–H and O–H groups in total. The van der Waals surface area contributed by atoms with Crippen molar-refractivity contribution in [2.24, 2.45) is 0 Å². The lowest BCUT2D eigenvalue weighted by Gasteiger charge is -2.05. The molecule has 0 radical (unpaired) electrons. The van der Waals surface area contributed by atoms with Crippen LogP contribution in [0.25, 0.3) is 0 Å². The summed E-state index contributed by atoms with van der Waals surface area (Å²) < 4.78 is 28.5. The minimum absolute atomic E-state index is 0.219. The number of nitrogens with one attached hydrogen (secondary N) is 1. The summed E-state index contributed by atoms with van der Waals surface area (Å²) in [6.07, 6.45) is 6.58. The number of carbonyl (C=O) groups excluding carboxylic acids is 1. The van der Waals surface area contributed by atoms with Crippen LogP contribution < -0.4 is 5.32 Å². The van der Waals surface area contributed by atoms with E-state index in [1.54, 1.807) is 18.2 Å². The molecule has 7 heteroatoms. The molecule has 3 aromatic rings. The van der Waals surface area contributed by atoms with Gasteiger partial charge in [-0.15, -0.1) is 0 Å². The molecule has 162 valence electrons. The Morgan fingerprint density at radius 2 is 1.97 bits per heavy atom. The summed E-state index contributed by atoms with van der Waals surface area (Å²) in [7, 11) is 0. The topological polar surface area (TPSA) is 67.1 Å². The number of carbonyl (C=O) groups is 1. The summed E-state index contributed by atoms with van der Waals surface area (Å²) in [5, 5.41) is 12.3. The van der Waals surface area contributed by atoms with Crippen molar-refractivity contribution < 1.29 is 18.7 Å². The number of halogens is 2. The highest BCUT2D eigenvalue weighted by Crippen LogP contribution is 2.41. The van der Waals surface area contributed by atoms with E-state index in [0.29, 0.717) is 12.1 Å². The summed E-state index contributed by atoms with van der Waals surface area (Å²) in [5.41, 5.74) is 3.45. The first-order chi connectivity index (χ1) is 15.0. The lowest BCUT2D eigenvalue weighted by molar-refractivity contribution is 0.0903. The van der Waals surface area contributed by atoms with Gasteiger partial charge >= 0.3 is 0 Å². The first-order valence-electron chi connectivity index (χ1n) is 10.5. The van der Waals surface area contributed by atoms with Gasteiger partial charge in [0.25, 0.3) is 0 Å². The molecule has 0 saturated heterocycles. The normalized spacial score (nSPS) is 17.6. The number of imidazole rings is 1. The number of rotatable bonds is 10. The van der Waals surface area contributed by atoms with Crippen molar-refractivity contribution in [3.05, 3.63) is 89.0 Å². The number of aliphatic hydroxyl groups excluding tert-OH is 1. The molecule has 1 fully saturated rings. The van der Waals surface area contributed by atoms with E-state index in [2.05, 4.69) is 14.9 Å². The largest absolute Gasteiger partial charge is 0.388 e. The first-order valence-corrected chi connectivity index (χ1v) is 10.5. The summed E-state index contributed by atoms with van der Waals surface area (Å²) in [5.74, 6) is -1.66. The van der Waals surface area contributed by atoms with Gasteiger partial charge in [0, 0.05) is 36.8 Å². The van der Waals surface area contributed by atoms with E-state index < -0.39 is 18.2 Å². The van der Waals surface area contributed by atoms with Crippen LogP contribution in [0.15, 0.2) is 55.0 Å². The van der Waals surface area contributed by atoms with Gasteiger partial charge in [-0.1, -0.05) is 30.3 Å². The van der Waals surface area contributed by atoms with Crippen molar-refractivity contribution in [2.45, 2.75) is 44.3 Å². The molecule has 1 aliphatic rings. The molecule has 31 heavy (non-hydrogen) atoms. The van der Waals surface area contributed by atoms with Crippen molar-refractivity contribution in [3.8, 4) is 0 Å². The summed E-state index contributed by atoms with van der Waals surface area (Å²) in [6, 6.07) is 11.7. The van der Waals surface area contributed by atoms with Crippen molar-refractivity contribution >= 4 is 5.78 Å². The van der Waals surface area contributed by atoms with E-state index in [-0.39, 0.29) is 17.7 Å². The zero-order valence-corrected chi connectivity index (χ0v) is 17.1. The van der Waals surface area contributed by atoms with E-state index >= 15 is 0 Å². The molecule has 2 atom stereocenters. The Morgan fingerprint density at radius 3 is 2.71 bits per heavy atom. The number of aliphatic hydroxyl groups is 1. The third-order valence-corrected chi connectivity index (χ3v) is 5.70. The number of aryl methyl sites for hydroxylation is 2. The zero-order chi connectivity index (χ0) is 21.8. The molecule has 0 spiro atoms.